The Morgan fingerprint density at radius 3 is 2.29 bits per heavy atom. The molecule has 4 rings (SSSR count). The van der Waals surface area contributed by atoms with Crippen LogP contribution < -0.4 is 0 Å². The number of aliphatic carboxylic acids is 1. The predicted molar refractivity (Wildman–Crippen MR) is 121 cm³/mol. The lowest BCUT2D eigenvalue weighted by atomic mass is 9.38. The lowest BCUT2D eigenvalue weighted by molar-refractivity contribution is -0.181. The van der Waals surface area contributed by atoms with Gasteiger partial charge >= 0.3 is 11.9 Å². The van der Waals surface area contributed by atoms with Gasteiger partial charge in [-0.25, -0.2) is 0 Å². The molecule has 3 aliphatic carbocycles. The number of rotatable bonds is 5. The highest BCUT2D eigenvalue weighted by Crippen LogP contribution is 2.74. The molecular weight excluding hydrogens is 388 g/mol. The molecule has 0 amide bonds. The third-order valence-electron chi connectivity index (χ3n) is 11.1. The second kappa shape index (κ2) is 7.35. The van der Waals surface area contributed by atoms with E-state index >= 15 is 0 Å². The van der Waals surface area contributed by atoms with Crippen molar-refractivity contribution in [3.63, 3.8) is 0 Å². The summed E-state index contributed by atoms with van der Waals surface area (Å²) >= 11 is 0. The summed E-state index contributed by atoms with van der Waals surface area (Å²) < 4.78 is 5.93. The molecule has 0 aromatic rings. The summed E-state index contributed by atoms with van der Waals surface area (Å²) in [5, 5.41) is 9.49. The second-order valence-electron chi connectivity index (χ2n) is 12.3. The molecule has 0 aromatic heterocycles. The van der Waals surface area contributed by atoms with Crippen molar-refractivity contribution in [2.75, 3.05) is 0 Å². The Balaban J connectivity index is 1.68. The minimum atomic E-state index is -0.689. The molecule has 0 spiro atoms. The first-order valence-electron chi connectivity index (χ1n) is 12.5. The zero-order chi connectivity index (χ0) is 22.8. The highest BCUT2D eigenvalue weighted by molar-refractivity contribution is 5.72. The van der Waals surface area contributed by atoms with E-state index in [-0.39, 0.29) is 34.2 Å². The number of carboxylic acids is 1. The number of fused-ring (bicyclic) bond motifs is 3. The summed E-state index contributed by atoms with van der Waals surface area (Å²) in [4.78, 5) is 23.5. The molecule has 0 bridgehead atoms. The molecule has 1 heterocycles. The Morgan fingerprint density at radius 2 is 1.71 bits per heavy atom. The molecule has 8 atom stereocenters. The van der Waals surface area contributed by atoms with Crippen molar-refractivity contribution < 1.29 is 19.4 Å². The van der Waals surface area contributed by atoms with Crippen molar-refractivity contribution in [3.05, 3.63) is 12.2 Å². The summed E-state index contributed by atoms with van der Waals surface area (Å²) in [6.45, 7) is 16.0. The van der Waals surface area contributed by atoms with Gasteiger partial charge in [-0.15, -0.1) is 0 Å². The van der Waals surface area contributed by atoms with Gasteiger partial charge in [-0.3, -0.25) is 9.59 Å². The number of esters is 1. The van der Waals surface area contributed by atoms with Crippen LogP contribution in [0.15, 0.2) is 12.2 Å². The van der Waals surface area contributed by atoms with E-state index in [4.69, 9.17) is 4.74 Å². The topological polar surface area (TPSA) is 63.6 Å². The minimum Gasteiger partial charge on any atom is -0.481 e. The van der Waals surface area contributed by atoms with Crippen LogP contribution in [0.1, 0.15) is 98.8 Å². The Kier molecular flexibility index (Phi) is 5.42. The number of hydrogen-bond acceptors (Lipinski definition) is 3. The molecule has 4 heteroatoms. The lowest BCUT2D eigenvalue weighted by Crippen LogP contribution is -2.60. The van der Waals surface area contributed by atoms with Crippen LogP contribution >= 0.6 is 0 Å². The average molecular weight is 431 g/mol. The van der Waals surface area contributed by atoms with E-state index < -0.39 is 5.97 Å². The average Bonchev–Trinajstić information content (AvgIpc) is 3.21. The second-order valence-corrected chi connectivity index (χ2v) is 12.3. The maximum absolute atomic E-state index is 12.0. The number of allylic oxidation sites excluding steroid dienone is 1. The summed E-state index contributed by atoms with van der Waals surface area (Å²) in [6, 6.07) is 0. The first-order chi connectivity index (χ1) is 14.4. The molecule has 4 nitrogen and oxygen atoms in total. The van der Waals surface area contributed by atoms with Crippen molar-refractivity contribution in [1.82, 2.24) is 0 Å². The van der Waals surface area contributed by atoms with Gasteiger partial charge in [-0.2, -0.15) is 0 Å². The van der Waals surface area contributed by atoms with E-state index in [9.17, 15) is 14.7 Å². The maximum atomic E-state index is 12.0. The van der Waals surface area contributed by atoms with Crippen LogP contribution in [0.4, 0.5) is 0 Å². The third kappa shape index (κ3) is 3.22. The van der Waals surface area contributed by atoms with Crippen molar-refractivity contribution in [1.29, 1.82) is 0 Å². The van der Waals surface area contributed by atoms with Gasteiger partial charge in [0.25, 0.3) is 0 Å². The zero-order valence-corrected chi connectivity index (χ0v) is 20.3. The SMILES string of the molecule is C=C(C)[C@@H]1CC[C@]2(C)[C@H](CC[C@@H]3[C@@H]([C@]4(C)CCC(=O)O4)CC[C@]32C)[C@@]1(C)CCC(=O)O. The van der Waals surface area contributed by atoms with E-state index in [1.165, 1.54) is 24.8 Å². The van der Waals surface area contributed by atoms with Crippen LogP contribution in [-0.4, -0.2) is 22.6 Å². The van der Waals surface area contributed by atoms with Gasteiger partial charge in [-0.05, 0) is 99.2 Å². The van der Waals surface area contributed by atoms with Gasteiger partial charge in [0.15, 0.2) is 0 Å². The summed E-state index contributed by atoms with van der Waals surface area (Å²) in [5.74, 6) is 1.22. The molecule has 174 valence electrons. The fraction of sp³-hybridized carbons (Fsp3) is 0.852. The first-order valence-corrected chi connectivity index (χ1v) is 12.5. The number of carbonyl (C=O) groups excluding carboxylic acids is 1. The van der Waals surface area contributed by atoms with Gasteiger partial charge < -0.3 is 9.84 Å². The van der Waals surface area contributed by atoms with Crippen LogP contribution in [-0.2, 0) is 14.3 Å². The number of carboxylic acid groups (broad SMARTS) is 1. The van der Waals surface area contributed by atoms with Gasteiger partial charge in [-0.1, -0.05) is 32.9 Å². The summed E-state index contributed by atoms with van der Waals surface area (Å²) in [7, 11) is 0. The van der Waals surface area contributed by atoms with Crippen LogP contribution in [0.2, 0.25) is 0 Å². The maximum Gasteiger partial charge on any atom is 0.306 e. The van der Waals surface area contributed by atoms with E-state index in [1.807, 2.05) is 0 Å². The van der Waals surface area contributed by atoms with Crippen molar-refractivity contribution in [3.8, 4) is 0 Å². The first kappa shape index (κ1) is 22.9. The highest BCUT2D eigenvalue weighted by atomic mass is 16.6. The molecule has 0 aromatic carbocycles. The third-order valence-corrected chi connectivity index (χ3v) is 11.1. The van der Waals surface area contributed by atoms with E-state index in [0.717, 1.165) is 32.1 Å². The minimum absolute atomic E-state index is 0.0208. The molecule has 3 saturated carbocycles. The molecule has 1 N–H and O–H groups in total. The summed E-state index contributed by atoms with van der Waals surface area (Å²) in [5.41, 5.74) is 1.29. The molecule has 0 unspecified atom stereocenters. The van der Waals surface area contributed by atoms with Gasteiger partial charge in [0.2, 0.25) is 0 Å². The molecular formula is C27H42O4. The van der Waals surface area contributed by atoms with E-state index in [2.05, 4.69) is 41.2 Å². The monoisotopic (exact) mass is 430 g/mol. The fourth-order valence-electron chi connectivity index (χ4n) is 9.35. The molecule has 31 heavy (non-hydrogen) atoms. The quantitative estimate of drug-likeness (QED) is 0.405. The van der Waals surface area contributed by atoms with Crippen molar-refractivity contribution in [2.24, 2.45) is 39.9 Å². The van der Waals surface area contributed by atoms with Gasteiger partial charge in [0.05, 0.1) is 0 Å². The molecule has 0 radical (unpaired) electrons. The standard InChI is InChI=1S/C27H42O4/c1-17(2)18-9-15-26(5)21(24(18,3)13-11-22(28)29)8-7-19-20(10-14-25(19,26)4)27(6)16-12-23(30)31-27/h18-21H,1,7-16H2,2-6H3,(H,28,29)/t18-,19+,20-,21+,24-,25+,26+,27-/m0/s1. The van der Waals surface area contributed by atoms with Crippen molar-refractivity contribution in [2.45, 2.75) is 104 Å². The predicted octanol–water partition coefficient (Wildman–Crippen LogP) is 6.39. The Labute approximate surface area is 188 Å². The highest BCUT2D eigenvalue weighted by Gasteiger charge is 2.68. The summed E-state index contributed by atoms with van der Waals surface area (Å²) in [6.07, 6.45) is 9.34. The molecule has 1 aliphatic heterocycles. The van der Waals surface area contributed by atoms with Crippen LogP contribution in [0.5, 0.6) is 0 Å². The molecule has 1 saturated heterocycles. The molecule has 4 aliphatic rings. The van der Waals surface area contributed by atoms with E-state index in [1.54, 1.807) is 0 Å². The smallest absolute Gasteiger partial charge is 0.306 e. The van der Waals surface area contributed by atoms with Crippen molar-refractivity contribution >= 4 is 11.9 Å². The number of cyclic esters (lactones) is 1. The fourth-order valence-corrected chi connectivity index (χ4v) is 9.35. The van der Waals surface area contributed by atoms with Gasteiger partial charge in [0, 0.05) is 18.8 Å². The normalized spacial score (nSPS) is 49.3. The van der Waals surface area contributed by atoms with Crippen LogP contribution in [0.3, 0.4) is 0 Å². The number of ether oxygens (including phenoxy) is 1. The number of carbonyl (C=O) groups is 2. The Bertz CT molecular complexity index is 788. The Hall–Kier alpha value is -1.32. The van der Waals surface area contributed by atoms with E-state index in [0.29, 0.717) is 30.1 Å². The lowest BCUT2D eigenvalue weighted by Gasteiger charge is -2.66. The zero-order valence-electron chi connectivity index (χ0n) is 20.3. The molecule has 4 fully saturated rings. The Morgan fingerprint density at radius 1 is 1.03 bits per heavy atom. The van der Waals surface area contributed by atoms with Crippen LogP contribution in [0, 0.1) is 39.9 Å². The van der Waals surface area contributed by atoms with Crippen LogP contribution in [0.25, 0.3) is 0 Å². The number of hydrogen-bond donors (Lipinski definition) is 1. The largest absolute Gasteiger partial charge is 0.481 e. The van der Waals surface area contributed by atoms with Gasteiger partial charge in [0.1, 0.15) is 5.60 Å².